The highest BCUT2D eigenvalue weighted by molar-refractivity contribution is 9.10. The van der Waals surface area contributed by atoms with E-state index >= 15 is 0 Å². The minimum Gasteiger partial charge on any atom is -0.313 e. The van der Waals surface area contributed by atoms with Crippen LogP contribution < -0.4 is 5.32 Å². The van der Waals surface area contributed by atoms with E-state index < -0.39 is 0 Å². The largest absolute Gasteiger partial charge is 0.313 e. The molecule has 1 aromatic heterocycles. The summed E-state index contributed by atoms with van der Waals surface area (Å²) in [4.78, 5) is 4.16. The molecule has 0 bridgehead atoms. The number of nitrogens with zero attached hydrogens (tertiary/aromatic N) is 1. The van der Waals surface area contributed by atoms with Gasteiger partial charge in [0.2, 0.25) is 0 Å². The second-order valence-corrected chi connectivity index (χ2v) is 5.90. The van der Waals surface area contributed by atoms with E-state index in [1.807, 2.05) is 12.4 Å². The van der Waals surface area contributed by atoms with Crippen molar-refractivity contribution in [2.75, 3.05) is 6.54 Å². The van der Waals surface area contributed by atoms with Crippen LogP contribution in [0.5, 0.6) is 0 Å². The highest BCUT2D eigenvalue weighted by atomic mass is 79.9. The maximum Gasteiger partial charge on any atom is 0.0410 e. The highest BCUT2D eigenvalue weighted by Gasteiger charge is 2.13. The first-order valence-electron chi connectivity index (χ1n) is 6.65. The second-order valence-electron chi connectivity index (χ2n) is 4.98. The molecule has 0 atom stereocenters. The summed E-state index contributed by atoms with van der Waals surface area (Å²) in [7, 11) is 0. The average molecular weight is 297 g/mol. The molecule has 0 spiro atoms. The van der Waals surface area contributed by atoms with Gasteiger partial charge in [0.15, 0.2) is 0 Å². The van der Waals surface area contributed by atoms with Gasteiger partial charge in [0.1, 0.15) is 0 Å². The summed E-state index contributed by atoms with van der Waals surface area (Å²) in [6.45, 7) is 2.06. The molecule has 17 heavy (non-hydrogen) atoms. The van der Waals surface area contributed by atoms with Crippen LogP contribution in [0.1, 0.15) is 44.1 Å². The van der Waals surface area contributed by atoms with E-state index in [2.05, 4.69) is 32.3 Å². The third kappa shape index (κ3) is 4.76. The summed E-state index contributed by atoms with van der Waals surface area (Å²) in [5.41, 5.74) is 1.25. The Morgan fingerprint density at radius 3 is 2.88 bits per heavy atom. The maximum absolute atomic E-state index is 4.16. The van der Waals surface area contributed by atoms with Crippen molar-refractivity contribution >= 4 is 15.9 Å². The van der Waals surface area contributed by atoms with Crippen molar-refractivity contribution in [3.05, 3.63) is 28.5 Å². The molecule has 1 fully saturated rings. The Hall–Kier alpha value is -0.410. The van der Waals surface area contributed by atoms with Crippen molar-refractivity contribution in [3.63, 3.8) is 0 Å². The normalized spacial score (nSPS) is 16.5. The summed E-state index contributed by atoms with van der Waals surface area (Å²) in [6, 6.07) is 2.12. The van der Waals surface area contributed by atoms with Crippen LogP contribution in [-0.2, 0) is 6.54 Å². The zero-order valence-electron chi connectivity index (χ0n) is 10.3. The fraction of sp³-hybridized carbons (Fsp3) is 0.643. The quantitative estimate of drug-likeness (QED) is 0.805. The number of nitrogens with one attached hydrogen (secondary N) is 1. The van der Waals surface area contributed by atoms with Crippen molar-refractivity contribution in [1.29, 1.82) is 0 Å². The summed E-state index contributed by atoms with van der Waals surface area (Å²) < 4.78 is 1.06. The number of rotatable bonds is 6. The number of pyridine rings is 1. The Bertz CT molecular complexity index is 335. The van der Waals surface area contributed by atoms with Crippen LogP contribution >= 0.6 is 15.9 Å². The smallest absolute Gasteiger partial charge is 0.0410 e. The minimum atomic E-state index is 0.928. The average Bonchev–Trinajstić information content (AvgIpc) is 2.82. The molecule has 3 heteroatoms. The first-order chi connectivity index (χ1) is 8.34. The molecule has 0 saturated heterocycles. The molecule has 1 aromatic rings. The Morgan fingerprint density at radius 2 is 2.12 bits per heavy atom. The van der Waals surface area contributed by atoms with E-state index in [0.717, 1.165) is 23.5 Å². The minimum absolute atomic E-state index is 0.928. The van der Waals surface area contributed by atoms with Crippen LogP contribution in [0.25, 0.3) is 0 Å². The molecule has 1 heterocycles. The van der Waals surface area contributed by atoms with E-state index in [1.165, 1.54) is 44.1 Å². The Kier molecular flexibility index (Phi) is 5.46. The van der Waals surface area contributed by atoms with Crippen molar-refractivity contribution in [2.24, 2.45) is 5.92 Å². The fourth-order valence-corrected chi connectivity index (χ4v) is 3.01. The molecule has 0 unspecified atom stereocenters. The van der Waals surface area contributed by atoms with E-state index in [0.29, 0.717) is 0 Å². The van der Waals surface area contributed by atoms with Crippen LogP contribution in [0.15, 0.2) is 22.9 Å². The molecule has 0 amide bonds. The van der Waals surface area contributed by atoms with Gasteiger partial charge in [0.05, 0.1) is 0 Å². The molecule has 1 saturated carbocycles. The first-order valence-corrected chi connectivity index (χ1v) is 7.44. The molecule has 0 radical (unpaired) electrons. The predicted molar refractivity (Wildman–Crippen MR) is 74.8 cm³/mol. The lowest BCUT2D eigenvalue weighted by Gasteiger charge is -2.09. The fourth-order valence-electron chi connectivity index (χ4n) is 2.60. The molecule has 94 valence electrons. The zero-order chi connectivity index (χ0) is 11.9. The number of aromatic nitrogens is 1. The molecule has 1 aliphatic carbocycles. The molecule has 2 rings (SSSR count). The van der Waals surface area contributed by atoms with Gasteiger partial charge in [0, 0.05) is 23.4 Å². The monoisotopic (exact) mass is 296 g/mol. The predicted octanol–water partition coefficient (Wildman–Crippen LogP) is 3.90. The highest BCUT2D eigenvalue weighted by Crippen LogP contribution is 2.28. The summed E-state index contributed by atoms with van der Waals surface area (Å²) in [5.74, 6) is 1.02. The van der Waals surface area contributed by atoms with Gasteiger partial charge in [-0.3, -0.25) is 4.98 Å². The van der Waals surface area contributed by atoms with Crippen LogP contribution in [0.4, 0.5) is 0 Å². The standard InChI is InChI=1S/C14H21BrN2/c15-14-8-13(10-17-11-14)9-16-7-3-6-12-4-1-2-5-12/h8,10-12,16H,1-7,9H2. The summed E-state index contributed by atoms with van der Waals surface area (Å²) in [5, 5.41) is 3.49. The molecule has 0 aromatic carbocycles. The van der Waals surface area contributed by atoms with E-state index in [1.54, 1.807) is 0 Å². The lowest BCUT2D eigenvalue weighted by molar-refractivity contribution is 0.470. The molecular formula is C14H21BrN2. The van der Waals surface area contributed by atoms with Crippen molar-refractivity contribution < 1.29 is 0 Å². The molecule has 1 aliphatic rings. The Balaban J connectivity index is 1.56. The van der Waals surface area contributed by atoms with Crippen LogP contribution in [0.2, 0.25) is 0 Å². The number of halogens is 1. The third-order valence-corrected chi connectivity index (χ3v) is 3.96. The van der Waals surface area contributed by atoms with Gasteiger partial charge in [-0.15, -0.1) is 0 Å². The maximum atomic E-state index is 4.16. The van der Waals surface area contributed by atoms with Crippen LogP contribution in [0.3, 0.4) is 0 Å². The van der Waals surface area contributed by atoms with Gasteiger partial charge >= 0.3 is 0 Å². The third-order valence-electron chi connectivity index (χ3n) is 3.53. The van der Waals surface area contributed by atoms with Gasteiger partial charge in [-0.05, 0) is 52.9 Å². The van der Waals surface area contributed by atoms with E-state index in [-0.39, 0.29) is 0 Å². The van der Waals surface area contributed by atoms with Gasteiger partial charge in [-0.25, -0.2) is 0 Å². The number of hydrogen-bond donors (Lipinski definition) is 1. The molecule has 0 aliphatic heterocycles. The van der Waals surface area contributed by atoms with Gasteiger partial charge in [0.25, 0.3) is 0 Å². The Labute approximate surface area is 112 Å². The molecule has 1 N–H and O–H groups in total. The summed E-state index contributed by atoms with van der Waals surface area (Å²) >= 11 is 3.44. The molecular weight excluding hydrogens is 276 g/mol. The van der Waals surface area contributed by atoms with Gasteiger partial charge < -0.3 is 5.32 Å². The van der Waals surface area contributed by atoms with Gasteiger partial charge in [-0.1, -0.05) is 25.7 Å². The first kappa shape index (κ1) is 13.0. The second kappa shape index (κ2) is 7.12. The SMILES string of the molecule is Brc1cncc(CNCCCC2CCCC2)c1. The Morgan fingerprint density at radius 1 is 1.29 bits per heavy atom. The topological polar surface area (TPSA) is 24.9 Å². The van der Waals surface area contributed by atoms with Crippen molar-refractivity contribution in [1.82, 2.24) is 10.3 Å². The van der Waals surface area contributed by atoms with Gasteiger partial charge in [-0.2, -0.15) is 0 Å². The van der Waals surface area contributed by atoms with Crippen molar-refractivity contribution in [2.45, 2.75) is 45.1 Å². The lowest BCUT2D eigenvalue weighted by atomic mass is 10.0. The number of hydrogen-bond acceptors (Lipinski definition) is 2. The van der Waals surface area contributed by atoms with E-state index in [9.17, 15) is 0 Å². The van der Waals surface area contributed by atoms with E-state index in [4.69, 9.17) is 0 Å². The van der Waals surface area contributed by atoms with Crippen LogP contribution in [-0.4, -0.2) is 11.5 Å². The zero-order valence-corrected chi connectivity index (χ0v) is 11.9. The lowest BCUT2D eigenvalue weighted by Crippen LogP contribution is -2.15. The molecule has 2 nitrogen and oxygen atoms in total. The van der Waals surface area contributed by atoms with Crippen molar-refractivity contribution in [3.8, 4) is 0 Å². The van der Waals surface area contributed by atoms with Crippen LogP contribution in [0, 0.1) is 5.92 Å². The summed E-state index contributed by atoms with van der Waals surface area (Å²) in [6.07, 6.45) is 12.3.